The molecule has 3 N–H and O–H groups in total. The number of hydrogen-bond acceptors (Lipinski definition) is 3. The number of halogens is 4. The van der Waals surface area contributed by atoms with E-state index in [-0.39, 0.29) is 24.5 Å². The van der Waals surface area contributed by atoms with Gasteiger partial charge in [-0.3, -0.25) is 0 Å². The van der Waals surface area contributed by atoms with Crippen molar-refractivity contribution in [3.8, 4) is 0 Å². The van der Waals surface area contributed by atoms with Crippen LogP contribution < -0.4 is 11.1 Å². The number of nitrogens with two attached hydrogens (primary N) is 1. The maximum atomic E-state index is 12.3. The lowest BCUT2D eigenvalue weighted by atomic mass is 10.2. The van der Waals surface area contributed by atoms with Crippen LogP contribution >= 0.6 is 12.4 Å². The fourth-order valence-electron chi connectivity index (χ4n) is 2.00. The molecule has 2 rings (SSSR count). The minimum atomic E-state index is -4.34. The fraction of sp³-hybridized carbons (Fsp3) is 0.545. The Morgan fingerprint density at radius 1 is 1.28 bits per heavy atom. The molecule has 0 spiro atoms. The van der Waals surface area contributed by atoms with Gasteiger partial charge in [0.1, 0.15) is 5.82 Å². The number of pyridine rings is 1. The second-order valence-electron chi connectivity index (χ2n) is 4.28. The van der Waals surface area contributed by atoms with Gasteiger partial charge in [0.15, 0.2) is 0 Å². The van der Waals surface area contributed by atoms with Gasteiger partial charge in [-0.15, -0.1) is 12.4 Å². The first-order chi connectivity index (χ1) is 7.97. The molecule has 0 saturated heterocycles. The minimum absolute atomic E-state index is 0. The Morgan fingerprint density at radius 3 is 2.44 bits per heavy atom. The van der Waals surface area contributed by atoms with E-state index >= 15 is 0 Å². The first kappa shape index (κ1) is 15.0. The molecule has 102 valence electrons. The molecular formula is C11H15ClF3N3. The van der Waals surface area contributed by atoms with E-state index in [0.29, 0.717) is 5.82 Å². The van der Waals surface area contributed by atoms with Gasteiger partial charge in [-0.05, 0) is 31.4 Å². The van der Waals surface area contributed by atoms with E-state index < -0.39 is 11.7 Å². The largest absolute Gasteiger partial charge is 0.417 e. The van der Waals surface area contributed by atoms with Crippen LogP contribution in [0.2, 0.25) is 0 Å². The van der Waals surface area contributed by atoms with Gasteiger partial charge in [-0.2, -0.15) is 13.2 Å². The van der Waals surface area contributed by atoms with Crippen LogP contribution in [0.3, 0.4) is 0 Å². The van der Waals surface area contributed by atoms with E-state index in [4.69, 9.17) is 5.73 Å². The van der Waals surface area contributed by atoms with Crippen LogP contribution in [0.5, 0.6) is 0 Å². The molecule has 1 fully saturated rings. The number of nitrogens with zero attached hydrogens (tertiary/aromatic N) is 1. The molecular weight excluding hydrogens is 267 g/mol. The van der Waals surface area contributed by atoms with Crippen molar-refractivity contribution in [3.05, 3.63) is 23.9 Å². The van der Waals surface area contributed by atoms with Crippen molar-refractivity contribution in [1.29, 1.82) is 0 Å². The third-order valence-corrected chi connectivity index (χ3v) is 2.99. The summed E-state index contributed by atoms with van der Waals surface area (Å²) >= 11 is 0. The fourth-order valence-corrected chi connectivity index (χ4v) is 2.00. The van der Waals surface area contributed by atoms with Gasteiger partial charge in [-0.25, -0.2) is 4.98 Å². The van der Waals surface area contributed by atoms with Crippen LogP contribution in [-0.4, -0.2) is 17.1 Å². The predicted octanol–water partition coefficient (Wildman–Crippen LogP) is 2.81. The van der Waals surface area contributed by atoms with Crippen molar-refractivity contribution in [1.82, 2.24) is 4.98 Å². The minimum Gasteiger partial charge on any atom is -0.366 e. The van der Waals surface area contributed by atoms with E-state index in [1.54, 1.807) is 0 Å². The highest BCUT2D eigenvalue weighted by Crippen LogP contribution is 2.29. The summed E-state index contributed by atoms with van der Waals surface area (Å²) in [4.78, 5) is 3.76. The van der Waals surface area contributed by atoms with E-state index in [9.17, 15) is 13.2 Å². The van der Waals surface area contributed by atoms with Crippen molar-refractivity contribution >= 4 is 18.2 Å². The summed E-state index contributed by atoms with van der Waals surface area (Å²) in [6.45, 7) is 0. The number of hydrogen-bond donors (Lipinski definition) is 2. The zero-order chi connectivity index (χ0) is 12.5. The Balaban J connectivity index is 0.00000162. The lowest BCUT2D eigenvalue weighted by Gasteiger charge is -2.18. The van der Waals surface area contributed by atoms with Crippen LogP contribution in [0.15, 0.2) is 18.3 Å². The van der Waals surface area contributed by atoms with Crippen molar-refractivity contribution in [2.24, 2.45) is 5.73 Å². The normalized spacial score (nSPS) is 23.6. The summed E-state index contributed by atoms with van der Waals surface area (Å²) in [6, 6.07) is 2.53. The van der Waals surface area contributed by atoms with Crippen molar-refractivity contribution in [3.63, 3.8) is 0 Å². The van der Waals surface area contributed by atoms with Crippen LogP contribution in [-0.2, 0) is 6.18 Å². The molecule has 0 bridgehead atoms. The smallest absolute Gasteiger partial charge is 0.366 e. The highest BCUT2D eigenvalue weighted by atomic mass is 35.5. The zero-order valence-electron chi connectivity index (χ0n) is 9.57. The van der Waals surface area contributed by atoms with Gasteiger partial charge in [0.2, 0.25) is 0 Å². The number of rotatable bonds is 2. The summed E-state index contributed by atoms with van der Waals surface area (Å²) in [5.41, 5.74) is 5.12. The van der Waals surface area contributed by atoms with Crippen LogP contribution in [0.25, 0.3) is 0 Å². The molecule has 0 aliphatic heterocycles. The van der Waals surface area contributed by atoms with Gasteiger partial charge in [0.25, 0.3) is 0 Å². The summed E-state index contributed by atoms with van der Waals surface area (Å²) in [5, 5.41) is 3.07. The molecule has 0 radical (unpaired) electrons. The Morgan fingerprint density at radius 2 is 2.00 bits per heavy atom. The molecule has 1 aromatic rings. The Labute approximate surface area is 109 Å². The summed E-state index contributed by atoms with van der Waals surface area (Å²) in [6.07, 6.45) is -0.584. The molecule has 0 amide bonds. The van der Waals surface area contributed by atoms with Crippen LogP contribution in [0.4, 0.5) is 19.0 Å². The lowest BCUT2D eigenvalue weighted by Crippen LogP contribution is -2.35. The number of aromatic nitrogens is 1. The third-order valence-electron chi connectivity index (χ3n) is 2.99. The van der Waals surface area contributed by atoms with Crippen molar-refractivity contribution < 1.29 is 13.2 Å². The molecule has 1 aromatic heterocycles. The first-order valence-electron chi connectivity index (χ1n) is 5.52. The molecule has 1 aliphatic rings. The molecule has 3 nitrogen and oxygen atoms in total. The highest BCUT2D eigenvalue weighted by Gasteiger charge is 2.31. The molecule has 18 heavy (non-hydrogen) atoms. The predicted molar refractivity (Wildman–Crippen MR) is 65.7 cm³/mol. The van der Waals surface area contributed by atoms with Crippen LogP contribution in [0.1, 0.15) is 24.8 Å². The van der Waals surface area contributed by atoms with Crippen molar-refractivity contribution in [2.45, 2.75) is 37.5 Å². The number of alkyl halides is 3. The Kier molecular flexibility index (Phi) is 4.81. The number of nitrogens with one attached hydrogen (secondary N) is 1. The molecule has 1 aliphatic carbocycles. The van der Waals surface area contributed by atoms with E-state index in [1.807, 2.05) is 0 Å². The molecule has 2 atom stereocenters. The quantitative estimate of drug-likeness (QED) is 0.876. The SMILES string of the molecule is Cl.N[C@H]1CCCC1Nc1ccc(C(F)(F)F)cn1. The summed E-state index contributed by atoms with van der Waals surface area (Å²) in [5.74, 6) is 0.445. The highest BCUT2D eigenvalue weighted by molar-refractivity contribution is 5.85. The third kappa shape index (κ3) is 3.49. The Bertz CT molecular complexity index is 380. The monoisotopic (exact) mass is 281 g/mol. The van der Waals surface area contributed by atoms with Crippen LogP contribution in [0, 0.1) is 0 Å². The lowest BCUT2D eigenvalue weighted by molar-refractivity contribution is -0.137. The van der Waals surface area contributed by atoms with E-state index in [1.165, 1.54) is 6.07 Å². The summed E-state index contributed by atoms with van der Waals surface area (Å²) < 4.78 is 36.9. The van der Waals surface area contributed by atoms with Gasteiger partial charge < -0.3 is 11.1 Å². The molecule has 1 heterocycles. The van der Waals surface area contributed by atoms with Gasteiger partial charge in [-0.1, -0.05) is 0 Å². The van der Waals surface area contributed by atoms with E-state index in [0.717, 1.165) is 31.5 Å². The van der Waals surface area contributed by atoms with Crippen molar-refractivity contribution in [2.75, 3.05) is 5.32 Å². The topological polar surface area (TPSA) is 50.9 Å². The first-order valence-corrected chi connectivity index (χ1v) is 5.52. The second-order valence-corrected chi connectivity index (χ2v) is 4.28. The number of anilines is 1. The maximum Gasteiger partial charge on any atom is 0.417 e. The van der Waals surface area contributed by atoms with Gasteiger partial charge in [0, 0.05) is 18.3 Å². The van der Waals surface area contributed by atoms with Gasteiger partial charge >= 0.3 is 6.18 Å². The second kappa shape index (κ2) is 5.75. The average Bonchev–Trinajstić information content (AvgIpc) is 2.64. The maximum absolute atomic E-state index is 12.3. The molecule has 0 aromatic carbocycles. The average molecular weight is 282 g/mol. The molecule has 1 unspecified atom stereocenters. The summed E-state index contributed by atoms with van der Waals surface area (Å²) in [7, 11) is 0. The van der Waals surface area contributed by atoms with Gasteiger partial charge in [0.05, 0.1) is 5.56 Å². The Hall–Kier alpha value is -1.01. The van der Waals surface area contributed by atoms with E-state index in [2.05, 4.69) is 10.3 Å². The zero-order valence-corrected chi connectivity index (χ0v) is 10.4. The standard InChI is InChI=1S/C11H14F3N3.ClH/c12-11(13,14)7-4-5-10(16-6-7)17-9-3-1-2-8(9)15;/h4-6,8-9H,1-3,15H2,(H,16,17);1H/t8-,9?;/m0./s1. The molecule has 1 saturated carbocycles. The molecule has 7 heteroatoms.